The number of hydrogen-bond donors (Lipinski definition) is 1. The Kier molecular flexibility index (Phi) is 4.10. The Morgan fingerprint density at radius 2 is 1.43 bits per heavy atom. The number of H-pyrrole nitrogens is 1. The Balaban J connectivity index is 1.88. The van der Waals surface area contributed by atoms with E-state index in [4.69, 9.17) is 4.74 Å². The third-order valence-corrected chi connectivity index (χ3v) is 5.50. The lowest BCUT2D eigenvalue weighted by atomic mass is 9.82. The van der Waals surface area contributed by atoms with Crippen LogP contribution in [0.2, 0.25) is 0 Å². The normalized spacial score (nSPS) is 12.3. The molecule has 0 fully saturated rings. The first-order chi connectivity index (χ1) is 13.9. The molecule has 2 nitrogen and oxygen atoms in total. The molecule has 2 heteroatoms. The summed E-state index contributed by atoms with van der Waals surface area (Å²) in [7, 11) is 1.75. The van der Waals surface area contributed by atoms with Gasteiger partial charge in [-0.05, 0) is 34.0 Å². The Hall–Kier alpha value is -3.52. The summed E-state index contributed by atoms with van der Waals surface area (Å²) >= 11 is 0. The maximum absolute atomic E-state index is 5.86. The molecule has 0 aliphatic heterocycles. The molecular formula is C26H21NO. The quantitative estimate of drug-likeness (QED) is 0.387. The largest absolute Gasteiger partial charge is 0.496 e. The molecule has 4 aromatic carbocycles. The molecule has 1 atom stereocenters. The van der Waals surface area contributed by atoms with Crippen molar-refractivity contribution in [3.05, 3.63) is 114 Å². The molecule has 5 rings (SSSR count). The van der Waals surface area contributed by atoms with Gasteiger partial charge in [-0.1, -0.05) is 78.9 Å². The number of ether oxygens (including phenoxy) is 1. The van der Waals surface area contributed by atoms with Crippen molar-refractivity contribution in [3.63, 3.8) is 0 Å². The molecule has 5 aromatic rings. The summed E-state index contributed by atoms with van der Waals surface area (Å²) in [6.45, 7) is 0. The number of benzene rings is 4. The average molecular weight is 363 g/mol. The van der Waals surface area contributed by atoms with Crippen molar-refractivity contribution in [1.82, 2.24) is 4.98 Å². The molecule has 1 heterocycles. The lowest BCUT2D eigenvalue weighted by molar-refractivity contribution is 0.410. The van der Waals surface area contributed by atoms with Crippen molar-refractivity contribution in [2.45, 2.75) is 5.92 Å². The molecule has 0 aliphatic carbocycles. The van der Waals surface area contributed by atoms with Gasteiger partial charge >= 0.3 is 0 Å². The van der Waals surface area contributed by atoms with Gasteiger partial charge in [0.15, 0.2) is 0 Å². The summed E-state index contributed by atoms with van der Waals surface area (Å²) in [6.07, 6.45) is 2.14. The van der Waals surface area contributed by atoms with Gasteiger partial charge in [0, 0.05) is 28.6 Å². The average Bonchev–Trinajstić information content (AvgIpc) is 3.19. The Labute approximate surface area is 164 Å². The maximum Gasteiger partial charge on any atom is 0.123 e. The van der Waals surface area contributed by atoms with Crippen molar-refractivity contribution in [2.75, 3.05) is 7.11 Å². The second-order valence-electron chi connectivity index (χ2n) is 7.04. The molecule has 136 valence electrons. The van der Waals surface area contributed by atoms with Crippen molar-refractivity contribution in [1.29, 1.82) is 0 Å². The molecule has 28 heavy (non-hydrogen) atoms. The topological polar surface area (TPSA) is 25.0 Å². The van der Waals surface area contributed by atoms with Crippen LogP contribution in [0.25, 0.3) is 21.7 Å². The number of methoxy groups -OCH3 is 1. The predicted molar refractivity (Wildman–Crippen MR) is 116 cm³/mol. The van der Waals surface area contributed by atoms with Gasteiger partial charge < -0.3 is 9.72 Å². The van der Waals surface area contributed by atoms with Gasteiger partial charge in [0.1, 0.15) is 5.75 Å². The van der Waals surface area contributed by atoms with E-state index < -0.39 is 0 Å². The van der Waals surface area contributed by atoms with E-state index in [0.29, 0.717) is 0 Å². The van der Waals surface area contributed by atoms with Gasteiger partial charge in [0.05, 0.1) is 7.11 Å². The Bertz CT molecular complexity index is 1250. The molecule has 0 radical (unpaired) electrons. The Morgan fingerprint density at radius 1 is 0.714 bits per heavy atom. The molecule has 0 spiro atoms. The summed E-state index contributed by atoms with van der Waals surface area (Å²) in [5.41, 5.74) is 4.87. The maximum atomic E-state index is 5.86. The van der Waals surface area contributed by atoms with Crippen LogP contribution in [-0.4, -0.2) is 12.1 Å². The smallest absolute Gasteiger partial charge is 0.123 e. The summed E-state index contributed by atoms with van der Waals surface area (Å²) in [5, 5.41) is 3.69. The van der Waals surface area contributed by atoms with Gasteiger partial charge in [-0.2, -0.15) is 0 Å². The molecule has 0 saturated carbocycles. The first kappa shape index (κ1) is 16.6. The molecule has 0 bridgehead atoms. The number of rotatable bonds is 4. The zero-order valence-electron chi connectivity index (χ0n) is 15.7. The minimum absolute atomic E-state index is 0.0680. The van der Waals surface area contributed by atoms with Crippen molar-refractivity contribution >= 4 is 21.7 Å². The van der Waals surface area contributed by atoms with E-state index in [0.717, 1.165) is 11.3 Å². The molecule has 1 unspecified atom stereocenters. The fraction of sp³-hybridized carbons (Fsp3) is 0.0769. The third-order valence-electron chi connectivity index (χ3n) is 5.50. The highest BCUT2D eigenvalue weighted by atomic mass is 16.5. The van der Waals surface area contributed by atoms with E-state index in [-0.39, 0.29) is 5.92 Å². The van der Waals surface area contributed by atoms with Gasteiger partial charge in [0.2, 0.25) is 0 Å². The summed E-state index contributed by atoms with van der Waals surface area (Å²) < 4.78 is 5.86. The third kappa shape index (κ3) is 2.66. The summed E-state index contributed by atoms with van der Waals surface area (Å²) in [4.78, 5) is 3.45. The molecular weight excluding hydrogens is 342 g/mol. The highest BCUT2D eigenvalue weighted by molar-refractivity contribution is 5.91. The highest BCUT2D eigenvalue weighted by Gasteiger charge is 2.25. The zero-order chi connectivity index (χ0) is 18.9. The van der Waals surface area contributed by atoms with Crippen LogP contribution in [-0.2, 0) is 0 Å². The lowest BCUT2D eigenvalue weighted by Gasteiger charge is -2.22. The van der Waals surface area contributed by atoms with E-state index >= 15 is 0 Å². The van der Waals surface area contributed by atoms with Gasteiger partial charge in [0.25, 0.3) is 0 Å². The molecule has 1 aromatic heterocycles. The number of fused-ring (bicyclic) bond motifs is 2. The van der Waals surface area contributed by atoms with E-state index in [1.807, 2.05) is 0 Å². The second-order valence-corrected chi connectivity index (χ2v) is 7.04. The first-order valence-electron chi connectivity index (χ1n) is 9.53. The zero-order valence-corrected chi connectivity index (χ0v) is 15.7. The van der Waals surface area contributed by atoms with Gasteiger partial charge in [-0.15, -0.1) is 0 Å². The predicted octanol–water partition coefficient (Wildman–Crippen LogP) is 6.51. The number of aromatic amines is 1. The van der Waals surface area contributed by atoms with Crippen LogP contribution < -0.4 is 4.74 Å². The molecule has 0 aliphatic rings. The SMILES string of the molecule is COc1ccc2ccccc2c1C(c1ccccc1)c1c[nH]c2ccccc12. The lowest BCUT2D eigenvalue weighted by Crippen LogP contribution is -2.06. The van der Waals surface area contributed by atoms with Crippen LogP contribution in [0.1, 0.15) is 22.6 Å². The van der Waals surface area contributed by atoms with E-state index in [2.05, 4.69) is 102 Å². The van der Waals surface area contributed by atoms with E-state index in [1.54, 1.807) is 7.11 Å². The standard InChI is InChI=1S/C26H21NO/c1-28-24-16-15-18-9-5-6-12-20(18)26(24)25(19-10-3-2-4-11-19)22-17-27-23-14-8-7-13-21(22)23/h2-17,25,27H,1H3. The van der Waals surface area contributed by atoms with Crippen molar-refractivity contribution < 1.29 is 4.74 Å². The number of aromatic nitrogens is 1. The number of para-hydroxylation sites is 1. The second kappa shape index (κ2) is 6.90. The molecule has 0 saturated heterocycles. The Morgan fingerprint density at radius 3 is 2.25 bits per heavy atom. The molecule has 0 amide bonds. The van der Waals surface area contributed by atoms with Crippen molar-refractivity contribution in [2.24, 2.45) is 0 Å². The van der Waals surface area contributed by atoms with E-state index in [1.165, 1.54) is 32.8 Å². The fourth-order valence-corrected chi connectivity index (χ4v) is 4.23. The minimum atomic E-state index is 0.0680. The van der Waals surface area contributed by atoms with Crippen LogP contribution in [0.15, 0.2) is 97.2 Å². The fourth-order valence-electron chi connectivity index (χ4n) is 4.23. The monoisotopic (exact) mass is 363 g/mol. The highest BCUT2D eigenvalue weighted by Crippen LogP contribution is 2.43. The summed E-state index contributed by atoms with van der Waals surface area (Å²) in [6, 6.07) is 31.9. The van der Waals surface area contributed by atoms with Crippen LogP contribution >= 0.6 is 0 Å². The van der Waals surface area contributed by atoms with Gasteiger partial charge in [-0.25, -0.2) is 0 Å². The first-order valence-corrected chi connectivity index (χ1v) is 9.53. The van der Waals surface area contributed by atoms with Crippen LogP contribution in [0.5, 0.6) is 5.75 Å². The number of nitrogens with one attached hydrogen (secondary N) is 1. The summed E-state index contributed by atoms with van der Waals surface area (Å²) in [5.74, 6) is 0.983. The minimum Gasteiger partial charge on any atom is -0.496 e. The van der Waals surface area contributed by atoms with Crippen LogP contribution in [0.3, 0.4) is 0 Å². The van der Waals surface area contributed by atoms with E-state index in [9.17, 15) is 0 Å². The van der Waals surface area contributed by atoms with Gasteiger partial charge in [-0.3, -0.25) is 0 Å². The van der Waals surface area contributed by atoms with Crippen LogP contribution in [0.4, 0.5) is 0 Å². The number of hydrogen-bond acceptors (Lipinski definition) is 1. The van der Waals surface area contributed by atoms with Crippen LogP contribution in [0, 0.1) is 0 Å². The molecule has 1 N–H and O–H groups in total. The van der Waals surface area contributed by atoms with Crippen molar-refractivity contribution in [3.8, 4) is 5.75 Å².